The van der Waals surface area contributed by atoms with Crippen molar-refractivity contribution in [1.82, 2.24) is 4.98 Å². The topological polar surface area (TPSA) is 82.0 Å². The average molecular weight is 261 g/mol. The van der Waals surface area contributed by atoms with Crippen LogP contribution in [0.2, 0.25) is 0 Å². The zero-order valence-corrected chi connectivity index (χ0v) is 10.3. The average Bonchev–Trinajstić information content (AvgIpc) is 2.38. The number of nitro benzene ring substituents is 1. The standard InChI is InChI=1S/C12H11N3O2S/c13-11-5-2-6-14-12(11)18-8-9-3-1-4-10(7-9)15(16)17/h1-7H,8,13H2. The van der Waals surface area contributed by atoms with E-state index in [-0.39, 0.29) is 5.69 Å². The molecule has 0 unspecified atom stereocenters. The minimum absolute atomic E-state index is 0.0992. The van der Waals surface area contributed by atoms with Gasteiger partial charge in [-0.25, -0.2) is 4.98 Å². The van der Waals surface area contributed by atoms with Crippen LogP contribution in [0, 0.1) is 10.1 Å². The van der Waals surface area contributed by atoms with Crippen molar-refractivity contribution < 1.29 is 4.92 Å². The highest BCUT2D eigenvalue weighted by Crippen LogP contribution is 2.26. The number of hydrogen-bond donors (Lipinski definition) is 1. The predicted molar refractivity (Wildman–Crippen MR) is 71.3 cm³/mol. The molecule has 0 radical (unpaired) electrons. The first-order chi connectivity index (χ1) is 8.66. The molecule has 0 aliphatic rings. The van der Waals surface area contributed by atoms with E-state index in [2.05, 4.69) is 4.98 Å². The Labute approximate surface area is 108 Å². The van der Waals surface area contributed by atoms with Gasteiger partial charge in [0.25, 0.3) is 5.69 Å². The van der Waals surface area contributed by atoms with Crippen LogP contribution in [0.3, 0.4) is 0 Å². The summed E-state index contributed by atoms with van der Waals surface area (Å²) in [6.45, 7) is 0. The van der Waals surface area contributed by atoms with Crippen LogP contribution < -0.4 is 5.73 Å². The van der Waals surface area contributed by atoms with E-state index in [1.54, 1.807) is 30.5 Å². The third kappa shape index (κ3) is 2.98. The van der Waals surface area contributed by atoms with Crippen LogP contribution >= 0.6 is 11.8 Å². The number of nitrogens with zero attached hydrogens (tertiary/aromatic N) is 2. The van der Waals surface area contributed by atoms with Gasteiger partial charge in [0.1, 0.15) is 5.03 Å². The monoisotopic (exact) mass is 261 g/mol. The second-order valence-corrected chi connectivity index (χ2v) is 4.58. The number of hydrogen-bond acceptors (Lipinski definition) is 5. The molecule has 1 aromatic heterocycles. The van der Waals surface area contributed by atoms with Crippen molar-refractivity contribution in [2.24, 2.45) is 0 Å². The summed E-state index contributed by atoms with van der Waals surface area (Å²) in [5, 5.41) is 11.4. The first-order valence-electron chi connectivity index (χ1n) is 5.23. The maximum atomic E-state index is 10.6. The minimum Gasteiger partial charge on any atom is -0.397 e. The van der Waals surface area contributed by atoms with Crippen LogP contribution in [-0.4, -0.2) is 9.91 Å². The normalized spacial score (nSPS) is 10.2. The van der Waals surface area contributed by atoms with E-state index in [1.807, 2.05) is 6.07 Å². The number of aromatic nitrogens is 1. The molecule has 5 nitrogen and oxygen atoms in total. The lowest BCUT2D eigenvalue weighted by Crippen LogP contribution is -1.92. The highest BCUT2D eigenvalue weighted by molar-refractivity contribution is 7.98. The molecule has 1 aromatic carbocycles. The summed E-state index contributed by atoms with van der Waals surface area (Å²) < 4.78 is 0. The molecule has 2 N–H and O–H groups in total. The largest absolute Gasteiger partial charge is 0.397 e. The van der Waals surface area contributed by atoms with Crippen LogP contribution in [0.5, 0.6) is 0 Å². The summed E-state index contributed by atoms with van der Waals surface area (Å²) in [6, 6.07) is 10.1. The number of anilines is 1. The lowest BCUT2D eigenvalue weighted by molar-refractivity contribution is -0.384. The van der Waals surface area contributed by atoms with E-state index in [9.17, 15) is 10.1 Å². The van der Waals surface area contributed by atoms with Crippen molar-refractivity contribution in [3.05, 3.63) is 58.3 Å². The zero-order valence-electron chi connectivity index (χ0n) is 9.45. The molecule has 6 heteroatoms. The molecule has 0 amide bonds. The van der Waals surface area contributed by atoms with Gasteiger partial charge in [0, 0.05) is 24.1 Å². The van der Waals surface area contributed by atoms with Crippen LogP contribution in [0.15, 0.2) is 47.6 Å². The van der Waals surface area contributed by atoms with E-state index in [4.69, 9.17) is 5.73 Å². The number of nitrogens with two attached hydrogens (primary N) is 1. The van der Waals surface area contributed by atoms with Gasteiger partial charge in [-0.2, -0.15) is 0 Å². The molecule has 2 rings (SSSR count). The number of rotatable bonds is 4. The maximum Gasteiger partial charge on any atom is 0.269 e. The van der Waals surface area contributed by atoms with Gasteiger partial charge in [-0.1, -0.05) is 23.9 Å². The molecular weight excluding hydrogens is 250 g/mol. The fourth-order valence-corrected chi connectivity index (χ4v) is 2.29. The number of nitrogen functional groups attached to an aromatic ring is 1. The predicted octanol–water partition coefficient (Wildman–Crippen LogP) is 2.86. The maximum absolute atomic E-state index is 10.6. The number of pyridine rings is 1. The molecule has 18 heavy (non-hydrogen) atoms. The number of thioether (sulfide) groups is 1. The molecule has 0 aliphatic carbocycles. The molecule has 92 valence electrons. The molecule has 0 bridgehead atoms. The van der Waals surface area contributed by atoms with Gasteiger partial charge >= 0.3 is 0 Å². The lowest BCUT2D eigenvalue weighted by Gasteiger charge is -2.03. The van der Waals surface area contributed by atoms with Gasteiger partial charge in [0.2, 0.25) is 0 Å². The first kappa shape index (κ1) is 12.4. The van der Waals surface area contributed by atoms with E-state index in [1.165, 1.54) is 17.8 Å². The number of non-ortho nitro benzene ring substituents is 1. The molecule has 0 fully saturated rings. The van der Waals surface area contributed by atoms with Gasteiger partial charge in [-0.05, 0) is 17.7 Å². The highest BCUT2D eigenvalue weighted by Gasteiger charge is 2.07. The van der Waals surface area contributed by atoms with Gasteiger partial charge in [0.15, 0.2) is 0 Å². The van der Waals surface area contributed by atoms with Gasteiger partial charge < -0.3 is 5.73 Å². The Hall–Kier alpha value is -2.08. The number of nitro groups is 1. The second kappa shape index (κ2) is 5.50. The fraction of sp³-hybridized carbons (Fsp3) is 0.0833. The molecule has 1 heterocycles. The Balaban J connectivity index is 2.09. The van der Waals surface area contributed by atoms with Crippen molar-refractivity contribution in [1.29, 1.82) is 0 Å². The Morgan fingerprint density at radius 3 is 2.89 bits per heavy atom. The van der Waals surface area contributed by atoms with Gasteiger partial charge in [0.05, 0.1) is 10.6 Å². The molecule has 0 saturated carbocycles. The van der Waals surface area contributed by atoms with E-state index < -0.39 is 4.92 Å². The summed E-state index contributed by atoms with van der Waals surface area (Å²) >= 11 is 1.46. The molecular formula is C12H11N3O2S. The van der Waals surface area contributed by atoms with Crippen LogP contribution in [0.4, 0.5) is 11.4 Å². The molecule has 2 aromatic rings. The van der Waals surface area contributed by atoms with Gasteiger partial charge in [-0.15, -0.1) is 0 Å². The van der Waals surface area contributed by atoms with E-state index in [0.29, 0.717) is 11.4 Å². The van der Waals surface area contributed by atoms with E-state index >= 15 is 0 Å². The third-order valence-corrected chi connectivity index (χ3v) is 3.39. The SMILES string of the molecule is Nc1cccnc1SCc1cccc([N+](=O)[O-])c1. The number of benzene rings is 1. The molecule has 0 aliphatic heterocycles. The molecule has 0 spiro atoms. The second-order valence-electron chi connectivity index (χ2n) is 3.61. The van der Waals surface area contributed by atoms with Crippen LogP contribution in [0.1, 0.15) is 5.56 Å². The summed E-state index contributed by atoms with van der Waals surface area (Å²) in [5.41, 5.74) is 7.36. The van der Waals surface area contributed by atoms with Crippen molar-refractivity contribution >= 4 is 23.1 Å². The van der Waals surface area contributed by atoms with Crippen molar-refractivity contribution in [3.8, 4) is 0 Å². The summed E-state index contributed by atoms with van der Waals surface area (Å²) in [4.78, 5) is 14.4. The van der Waals surface area contributed by atoms with Crippen molar-refractivity contribution in [2.75, 3.05) is 5.73 Å². The smallest absolute Gasteiger partial charge is 0.269 e. The Morgan fingerprint density at radius 2 is 2.17 bits per heavy atom. The fourth-order valence-electron chi connectivity index (χ4n) is 1.44. The summed E-state index contributed by atoms with van der Waals surface area (Å²) in [5.74, 6) is 0.600. The summed E-state index contributed by atoms with van der Waals surface area (Å²) in [6.07, 6.45) is 1.67. The molecule has 0 saturated heterocycles. The van der Waals surface area contributed by atoms with E-state index in [0.717, 1.165) is 10.6 Å². The third-order valence-electron chi connectivity index (χ3n) is 2.30. The Kier molecular flexibility index (Phi) is 3.78. The Morgan fingerprint density at radius 1 is 1.33 bits per heavy atom. The highest BCUT2D eigenvalue weighted by atomic mass is 32.2. The lowest BCUT2D eigenvalue weighted by atomic mass is 10.2. The van der Waals surface area contributed by atoms with Crippen molar-refractivity contribution in [3.63, 3.8) is 0 Å². The first-order valence-corrected chi connectivity index (χ1v) is 6.22. The summed E-state index contributed by atoms with van der Waals surface area (Å²) in [7, 11) is 0. The Bertz CT molecular complexity index is 575. The minimum atomic E-state index is -0.400. The zero-order chi connectivity index (χ0) is 13.0. The van der Waals surface area contributed by atoms with Crippen molar-refractivity contribution in [2.45, 2.75) is 10.8 Å². The van der Waals surface area contributed by atoms with Crippen LogP contribution in [-0.2, 0) is 5.75 Å². The van der Waals surface area contributed by atoms with Crippen LogP contribution in [0.25, 0.3) is 0 Å². The molecule has 0 atom stereocenters. The quantitative estimate of drug-likeness (QED) is 0.520. The van der Waals surface area contributed by atoms with Gasteiger partial charge in [-0.3, -0.25) is 10.1 Å².